The van der Waals surface area contributed by atoms with Crippen LogP contribution >= 0.6 is 11.6 Å². The predicted octanol–water partition coefficient (Wildman–Crippen LogP) is 5.77. The molecule has 0 saturated heterocycles. The number of nitrogens with zero attached hydrogens (tertiary/aromatic N) is 1. The van der Waals surface area contributed by atoms with Gasteiger partial charge in [0, 0.05) is 34.3 Å². The summed E-state index contributed by atoms with van der Waals surface area (Å²) in [5, 5.41) is 11.7. The Kier molecular flexibility index (Phi) is 7.84. The molecular weight excluding hydrogens is 556 g/mol. The van der Waals surface area contributed by atoms with Gasteiger partial charge in [-0.25, -0.2) is 4.21 Å². The minimum Gasteiger partial charge on any atom is -0.490 e. The Bertz CT molecular complexity index is 1430. The molecule has 4 aliphatic rings. The Hall–Kier alpha value is -2.22. The largest absolute Gasteiger partial charge is 0.490 e. The normalized spacial score (nSPS) is 35.8. The number of aliphatic hydroxyl groups is 1. The zero-order valence-electron chi connectivity index (χ0n) is 24.2. The van der Waals surface area contributed by atoms with Crippen LogP contribution in [-0.2, 0) is 21.5 Å². The summed E-state index contributed by atoms with van der Waals surface area (Å²) in [4.78, 5) is 15.9. The molecule has 1 spiro atoms. The third-order valence-electron chi connectivity index (χ3n) is 10.6. The number of aryl methyl sites for hydroxylation is 1. The van der Waals surface area contributed by atoms with Crippen LogP contribution in [-0.4, -0.2) is 52.1 Å². The highest BCUT2D eigenvalue weighted by molar-refractivity contribution is 7.99. The number of hydrogen-bond acceptors (Lipinski definition) is 5. The van der Waals surface area contributed by atoms with Crippen LogP contribution in [0, 0.1) is 17.8 Å². The Morgan fingerprint density at radius 3 is 2.73 bits per heavy atom. The average Bonchev–Trinajstić information content (AvgIpc) is 3.06. The van der Waals surface area contributed by atoms with Crippen molar-refractivity contribution >= 4 is 38.8 Å². The molecule has 41 heavy (non-hydrogen) atoms. The van der Waals surface area contributed by atoms with Crippen LogP contribution in [0.1, 0.15) is 80.3 Å². The van der Waals surface area contributed by atoms with E-state index in [1.165, 1.54) is 11.1 Å². The smallest absolute Gasteiger partial charge is 0.262 e. The maximum atomic E-state index is 13.6. The highest BCUT2D eigenvalue weighted by Crippen LogP contribution is 2.47. The second kappa shape index (κ2) is 11.1. The van der Waals surface area contributed by atoms with Crippen LogP contribution in [0.3, 0.4) is 0 Å². The first-order chi connectivity index (χ1) is 19.6. The summed E-state index contributed by atoms with van der Waals surface area (Å²) < 4.78 is 23.0. The summed E-state index contributed by atoms with van der Waals surface area (Å²) in [5.74, 6) is 5.10. The van der Waals surface area contributed by atoms with Crippen molar-refractivity contribution in [3.63, 3.8) is 0 Å². The minimum absolute atomic E-state index is 0.109. The van der Waals surface area contributed by atoms with Crippen LogP contribution in [0.2, 0.25) is 5.02 Å². The number of anilines is 1. The monoisotopic (exact) mass is 598 g/mol. The predicted molar refractivity (Wildman–Crippen MR) is 168 cm³/mol. The number of rotatable bonds is 0. The number of carbonyl (C=O) groups is 1. The summed E-state index contributed by atoms with van der Waals surface area (Å²) in [7, 11) is -2.88. The fourth-order valence-corrected chi connectivity index (χ4v) is 9.35. The number of hydrogen-bond donors (Lipinski definition) is 2. The van der Waals surface area contributed by atoms with Gasteiger partial charge in [0.05, 0.1) is 28.1 Å². The van der Waals surface area contributed by atoms with Crippen molar-refractivity contribution in [3.8, 4) is 5.75 Å². The summed E-state index contributed by atoms with van der Waals surface area (Å²) in [6, 6.07) is 11.8. The van der Waals surface area contributed by atoms with Crippen LogP contribution in [0.15, 0.2) is 36.4 Å². The Labute approximate surface area is 249 Å². The number of carbonyl (C=O) groups excluding carboxylic acids is 1. The quantitative estimate of drug-likeness (QED) is 0.377. The summed E-state index contributed by atoms with van der Waals surface area (Å²) in [6.45, 7) is 6.08. The van der Waals surface area contributed by atoms with Crippen molar-refractivity contribution in [2.45, 2.75) is 82.0 Å². The molecule has 2 bridgehead atoms. The van der Waals surface area contributed by atoms with Crippen LogP contribution in [0.4, 0.5) is 5.69 Å². The molecule has 2 aromatic rings. The van der Waals surface area contributed by atoms with Gasteiger partial charge in [0.25, 0.3) is 5.91 Å². The molecule has 2 N–H and O–H groups in total. The van der Waals surface area contributed by atoms with Crippen molar-refractivity contribution in [1.82, 2.24) is 4.72 Å². The highest BCUT2D eigenvalue weighted by Gasteiger charge is 2.44. The van der Waals surface area contributed by atoms with E-state index in [9.17, 15) is 14.1 Å². The lowest BCUT2D eigenvalue weighted by atomic mass is 9.68. The first-order valence-electron chi connectivity index (χ1n) is 15.2. The lowest BCUT2D eigenvalue weighted by molar-refractivity contribution is 0.00857. The number of amides is 1. The number of ether oxygens (including phenoxy) is 1. The lowest BCUT2D eigenvalue weighted by Crippen LogP contribution is -2.49. The van der Waals surface area contributed by atoms with Crippen LogP contribution in [0.25, 0.3) is 0 Å². The third-order valence-corrected chi connectivity index (χ3v) is 13.0. The van der Waals surface area contributed by atoms with Gasteiger partial charge in [0.2, 0.25) is 0 Å². The van der Waals surface area contributed by atoms with Crippen molar-refractivity contribution in [2.24, 2.45) is 17.8 Å². The van der Waals surface area contributed by atoms with Crippen molar-refractivity contribution in [2.75, 3.05) is 24.6 Å². The molecule has 2 aliphatic heterocycles. The number of aliphatic hydroxyl groups excluding tert-OH is 1. The number of fused-ring (bicyclic) bond motifs is 4. The molecule has 7 atom stereocenters. The van der Waals surface area contributed by atoms with Gasteiger partial charge in [0.15, 0.2) is 0 Å². The van der Waals surface area contributed by atoms with Gasteiger partial charge >= 0.3 is 0 Å². The molecule has 6 nitrogen and oxygen atoms in total. The highest BCUT2D eigenvalue weighted by atomic mass is 35.5. The molecule has 2 aromatic carbocycles. The van der Waals surface area contributed by atoms with Crippen molar-refractivity contribution < 1.29 is 18.8 Å². The first-order valence-corrected chi connectivity index (χ1v) is 17.4. The Morgan fingerprint density at radius 1 is 1.12 bits per heavy atom. The number of halogens is 1. The summed E-state index contributed by atoms with van der Waals surface area (Å²) >= 11 is 6.40. The average molecular weight is 599 g/mol. The second-order valence-electron chi connectivity index (χ2n) is 13.1. The second-order valence-corrected chi connectivity index (χ2v) is 16.0. The molecule has 1 saturated carbocycles. The van der Waals surface area contributed by atoms with Crippen LogP contribution < -0.4 is 14.4 Å². The summed E-state index contributed by atoms with van der Waals surface area (Å²) in [6.07, 6.45) is 7.31. The maximum absolute atomic E-state index is 13.6. The van der Waals surface area contributed by atoms with Gasteiger partial charge in [-0.05, 0) is 117 Å². The van der Waals surface area contributed by atoms with Gasteiger partial charge in [-0.1, -0.05) is 31.0 Å². The van der Waals surface area contributed by atoms with Gasteiger partial charge in [-0.15, -0.1) is 0 Å². The number of benzene rings is 2. The third kappa shape index (κ3) is 5.50. The van der Waals surface area contributed by atoms with Gasteiger partial charge in [-0.2, -0.15) is 0 Å². The van der Waals surface area contributed by atoms with Gasteiger partial charge < -0.3 is 14.7 Å². The molecule has 1 unspecified atom stereocenters. The van der Waals surface area contributed by atoms with E-state index in [1.807, 2.05) is 25.1 Å². The lowest BCUT2D eigenvalue weighted by Gasteiger charge is -2.46. The summed E-state index contributed by atoms with van der Waals surface area (Å²) in [5.41, 5.74) is 3.73. The van der Waals surface area contributed by atoms with E-state index in [1.54, 1.807) is 6.07 Å². The molecule has 0 radical (unpaired) electrons. The molecule has 6 rings (SSSR count). The fraction of sp³-hybridized carbons (Fsp3) is 0.576. The van der Waals surface area contributed by atoms with E-state index in [-0.39, 0.29) is 34.5 Å². The Morgan fingerprint density at radius 2 is 1.95 bits per heavy atom. The van der Waals surface area contributed by atoms with E-state index in [0.717, 1.165) is 80.9 Å². The maximum Gasteiger partial charge on any atom is 0.262 e. The molecule has 2 aliphatic carbocycles. The SMILES string of the molecule is C=S1(=O)NC(=O)c2ccc3c(c2)N(C[C@@H]2CC[C@H]2[C@@H](O)CCC[C@@H](C)[C@H]1C)C[C@@]1(CCCc2cc(Cl)ccc21)CO3. The molecule has 1 amide bonds. The van der Waals surface area contributed by atoms with Gasteiger partial charge in [-0.3, -0.25) is 9.52 Å². The van der Waals surface area contributed by atoms with E-state index in [2.05, 4.69) is 34.5 Å². The fourth-order valence-electron chi connectivity index (χ4n) is 7.65. The van der Waals surface area contributed by atoms with E-state index in [0.29, 0.717) is 18.1 Å². The zero-order chi connectivity index (χ0) is 28.9. The Balaban J connectivity index is 1.41. The zero-order valence-corrected chi connectivity index (χ0v) is 25.8. The van der Waals surface area contributed by atoms with E-state index < -0.39 is 9.71 Å². The van der Waals surface area contributed by atoms with E-state index in [4.69, 9.17) is 16.3 Å². The first kappa shape index (κ1) is 28.9. The van der Waals surface area contributed by atoms with Gasteiger partial charge in [0.1, 0.15) is 5.75 Å². The van der Waals surface area contributed by atoms with Crippen molar-refractivity contribution in [3.05, 3.63) is 58.1 Å². The molecular formula is C33H43ClN2O4S. The topological polar surface area (TPSA) is 78.9 Å². The molecule has 222 valence electrons. The van der Waals surface area contributed by atoms with Crippen LogP contribution in [0.5, 0.6) is 5.75 Å². The molecule has 2 heterocycles. The molecule has 0 aromatic heterocycles. The molecule has 1 fully saturated rings. The standard InChI is InChI=1S/C33H43ClN2O4S/c1-21-6-4-8-30(37)27-12-9-25(27)18-36-19-33(15-5-7-23-16-26(34)11-13-28(23)33)20-40-31-14-10-24(17-29(31)36)32(38)35-41(3,39)22(21)2/h10-11,13-14,16-17,21-22,25,27,30,37H,3-9,12,15,18-20H2,1-2H3,(H,35,38,39)/t21-,22-,25+,27-,30+,33+,41?/m1/s1. The van der Waals surface area contributed by atoms with Crippen molar-refractivity contribution in [1.29, 1.82) is 0 Å². The van der Waals surface area contributed by atoms with E-state index >= 15 is 0 Å². The molecule has 8 heteroatoms. The number of nitrogens with one attached hydrogen (secondary N) is 1. The minimum atomic E-state index is -2.88.